The van der Waals surface area contributed by atoms with Crippen LogP contribution in [-0.4, -0.2) is 50.5 Å². The number of halogens is 2. The molecule has 10 heteroatoms. The first-order valence-electron chi connectivity index (χ1n) is 11.9. The molecule has 0 heterocycles. The van der Waals surface area contributed by atoms with Crippen molar-refractivity contribution in [3.8, 4) is 0 Å². The first-order chi connectivity index (χ1) is 16.9. The highest BCUT2D eigenvalue weighted by atomic mass is 35.5. The number of carbonyl (C=O) groups excluding carboxylic acids is 2. The van der Waals surface area contributed by atoms with Crippen LogP contribution in [0.5, 0.6) is 0 Å². The van der Waals surface area contributed by atoms with Gasteiger partial charge in [-0.1, -0.05) is 69.1 Å². The second-order valence-corrected chi connectivity index (χ2v) is 11.9. The molecule has 1 N–H and O–H groups in total. The summed E-state index contributed by atoms with van der Waals surface area (Å²) in [5.74, 6) is -0.589. The van der Waals surface area contributed by atoms with Gasteiger partial charge >= 0.3 is 0 Å². The summed E-state index contributed by atoms with van der Waals surface area (Å²) < 4.78 is 26.4. The molecule has 36 heavy (non-hydrogen) atoms. The number of aryl methyl sites for hydroxylation is 1. The van der Waals surface area contributed by atoms with E-state index in [4.69, 9.17) is 23.2 Å². The second kappa shape index (κ2) is 13.3. The minimum atomic E-state index is -3.79. The Labute approximate surface area is 224 Å². The molecule has 0 fully saturated rings. The molecule has 2 amide bonds. The Morgan fingerprint density at radius 3 is 2.17 bits per heavy atom. The van der Waals surface area contributed by atoms with Gasteiger partial charge in [-0.15, -0.1) is 0 Å². The molecule has 1 atom stereocenters. The van der Waals surface area contributed by atoms with Crippen LogP contribution in [0.15, 0.2) is 42.5 Å². The Bertz CT molecular complexity index is 1150. The molecule has 0 saturated carbocycles. The van der Waals surface area contributed by atoms with E-state index in [1.807, 2.05) is 32.9 Å². The van der Waals surface area contributed by atoms with Crippen LogP contribution in [0.4, 0.5) is 5.69 Å². The number of nitrogens with one attached hydrogen (secondary N) is 1. The summed E-state index contributed by atoms with van der Waals surface area (Å²) in [6.45, 7) is 7.79. The highest BCUT2D eigenvalue weighted by Gasteiger charge is 2.32. The van der Waals surface area contributed by atoms with Crippen LogP contribution in [0.3, 0.4) is 0 Å². The van der Waals surface area contributed by atoms with E-state index in [1.54, 1.807) is 37.3 Å². The predicted molar refractivity (Wildman–Crippen MR) is 147 cm³/mol. The molecule has 198 valence electrons. The van der Waals surface area contributed by atoms with Gasteiger partial charge in [-0.3, -0.25) is 13.9 Å². The minimum Gasteiger partial charge on any atom is -0.354 e. The normalized spacial score (nSPS) is 12.3. The monoisotopic (exact) mass is 555 g/mol. The Kier molecular flexibility index (Phi) is 11.1. The number of carbonyl (C=O) groups is 2. The summed E-state index contributed by atoms with van der Waals surface area (Å²) in [7, 11) is -3.79. The van der Waals surface area contributed by atoms with E-state index in [0.29, 0.717) is 34.3 Å². The highest BCUT2D eigenvalue weighted by molar-refractivity contribution is 7.92. The Hall–Kier alpha value is -2.29. The third-order valence-electron chi connectivity index (χ3n) is 5.74. The van der Waals surface area contributed by atoms with Gasteiger partial charge in [0.2, 0.25) is 21.8 Å². The number of sulfonamides is 1. The molecule has 0 aliphatic heterocycles. The second-order valence-electron chi connectivity index (χ2n) is 9.11. The van der Waals surface area contributed by atoms with Crippen molar-refractivity contribution in [3.63, 3.8) is 0 Å². The van der Waals surface area contributed by atoms with Crippen molar-refractivity contribution >= 4 is 50.7 Å². The van der Waals surface area contributed by atoms with Crippen molar-refractivity contribution in [1.29, 1.82) is 0 Å². The van der Waals surface area contributed by atoms with Gasteiger partial charge in [0, 0.05) is 23.1 Å². The molecule has 0 aromatic heterocycles. The lowest BCUT2D eigenvalue weighted by atomic mass is 10.1. The van der Waals surface area contributed by atoms with Crippen molar-refractivity contribution < 1.29 is 18.0 Å². The summed E-state index contributed by atoms with van der Waals surface area (Å²) >= 11 is 12.4. The summed E-state index contributed by atoms with van der Waals surface area (Å²) in [6.07, 6.45) is 2.20. The molecule has 2 rings (SSSR count). The topological polar surface area (TPSA) is 86.8 Å². The maximum atomic E-state index is 13.7. The standard InChI is InChI=1S/C26H35Cl2N3O4S/c1-6-19-8-12-22(13-9-19)31(36(5,34)35)17-25(32)30(16-20-10-11-21(27)14-23(20)28)24(7-2)26(33)29-15-18(3)4/h8-14,18,24H,6-7,15-17H2,1-5H3,(H,29,33). The van der Waals surface area contributed by atoms with Crippen LogP contribution in [-0.2, 0) is 32.6 Å². The van der Waals surface area contributed by atoms with Crippen molar-refractivity contribution in [2.24, 2.45) is 5.92 Å². The van der Waals surface area contributed by atoms with Crippen LogP contribution in [0.25, 0.3) is 0 Å². The smallest absolute Gasteiger partial charge is 0.244 e. The number of anilines is 1. The quantitative estimate of drug-likeness (QED) is 0.403. The molecule has 2 aromatic rings. The molecule has 0 radical (unpaired) electrons. The first-order valence-corrected chi connectivity index (χ1v) is 14.6. The van der Waals surface area contributed by atoms with Gasteiger partial charge in [-0.2, -0.15) is 0 Å². The number of amides is 2. The lowest BCUT2D eigenvalue weighted by Gasteiger charge is -2.33. The van der Waals surface area contributed by atoms with Gasteiger partial charge in [-0.25, -0.2) is 8.42 Å². The number of rotatable bonds is 12. The molecular weight excluding hydrogens is 521 g/mol. The van der Waals surface area contributed by atoms with Crippen molar-refractivity contribution in [3.05, 3.63) is 63.6 Å². The maximum Gasteiger partial charge on any atom is 0.244 e. The Morgan fingerprint density at radius 2 is 1.67 bits per heavy atom. The number of hydrogen-bond acceptors (Lipinski definition) is 4. The van der Waals surface area contributed by atoms with Crippen LogP contribution in [0.1, 0.15) is 45.2 Å². The number of nitrogens with zero attached hydrogens (tertiary/aromatic N) is 2. The van der Waals surface area contributed by atoms with Crippen molar-refractivity contribution in [2.75, 3.05) is 23.7 Å². The zero-order chi connectivity index (χ0) is 27.0. The van der Waals surface area contributed by atoms with E-state index in [0.717, 1.165) is 22.5 Å². The van der Waals surface area contributed by atoms with E-state index in [-0.39, 0.29) is 18.4 Å². The van der Waals surface area contributed by atoms with E-state index >= 15 is 0 Å². The zero-order valence-corrected chi connectivity index (χ0v) is 23.8. The Balaban J connectivity index is 2.45. The summed E-state index contributed by atoms with van der Waals surface area (Å²) in [4.78, 5) is 28.2. The molecule has 2 aromatic carbocycles. The SMILES string of the molecule is CCc1ccc(N(CC(=O)N(Cc2ccc(Cl)cc2Cl)C(CC)C(=O)NCC(C)C)S(C)(=O)=O)cc1. The molecule has 0 aliphatic rings. The van der Waals surface area contributed by atoms with E-state index in [2.05, 4.69) is 5.32 Å². The van der Waals surface area contributed by atoms with Crippen LogP contribution in [0.2, 0.25) is 10.0 Å². The zero-order valence-electron chi connectivity index (χ0n) is 21.4. The lowest BCUT2D eigenvalue weighted by molar-refractivity contribution is -0.140. The van der Waals surface area contributed by atoms with Gasteiger partial charge in [0.25, 0.3) is 0 Å². The fraction of sp³-hybridized carbons (Fsp3) is 0.462. The molecule has 1 unspecified atom stereocenters. The maximum absolute atomic E-state index is 13.7. The Morgan fingerprint density at radius 1 is 1.03 bits per heavy atom. The molecule has 0 saturated heterocycles. The molecule has 0 aliphatic carbocycles. The third kappa shape index (κ3) is 8.39. The fourth-order valence-electron chi connectivity index (χ4n) is 3.69. The van der Waals surface area contributed by atoms with Gasteiger partial charge < -0.3 is 10.2 Å². The molecule has 0 spiro atoms. The van der Waals surface area contributed by atoms with Gasteiger partial charge in [-0.05, 0) is 54.2 Å². The largest absolute Gasteiger partial charge is 0.354 e. The number of benzene rings is 2. The van der Waals surface area contributed by atoms with Gasteiger partial charge in [0.05, 0.1) is 11.9 Å². The predicted octanol–water partition coefficient (Wildman–Crippen LogP) is 4.90. The summed E-state index contributed by atoms with van der Waals surface area (Å²) in [5.41, 5.74) is 2.03. The molecule has 7 nitrogen and oxygen atoms in total. The molecule has 0 bridgehead atoms. The summed E-state index contributed by atoms with van der Waals surface area (Å²) in [6, 6.07) is 11.1. The van der Waals surface area contributed by atoms with E-state index in [9.17, 15) is 18.0 Å². The van der Waals surface area contributed by atoms with Crippen molar-refractivity contribution in [1.82, 2.24) is 10.2 Å². The van der Waals surface area contributed by atoms with Crippen LogP contribution in [0, 0.1) is 5.92 Å². The first kappa shape index (κ1) is 29.9. The lowest BCUT2D eigenvalue weighted by Crippen LogP contribution is -2.52. The van der Waals surface area contributed by atoms with E-state index < -0.39 is 28.5 Å². The van der Waals surface area contributed by atoms with E-state index in [1.165, 1.54) is 4.90 Å². The average molecular weight is 557 g/mol. The average Bonchev–Trinajstić information content (AvgIpc) is 2.81. The third-order valence-corrected chi connectivity index (χ3v) is 7.47. The van der Waals surface area contributed by atoms with Gasteiger partial charge in [0.15, 0.2) is 0 Å². The van der Waals surface area contributed by atoms with Crippen molar-refractivity contribution in [2.45, 2.75) is 53.1 Å². The molecular formula is C26H35Cl2N3O4S. The fourth-order valence-corrected chi connectivity index (χ4v) is 5.00. The van der Waals surface area contributed by atoms with Gasteiger partial charge in [0.1, 0.15) is 12.6 Å². The minimum absolute atomic E-state index is 0.0226. The number of hydrogen-bond donors (Lipinski definition) is 1. The summed E-state index contributed by atoms with van der Waals surface area (Å²) in [5, 5.41) is 3.69. The van der Waals surface area contributed by atoms with Crippen LogP contribution < -0.4 is 9.62 Å². The van der Waals surface area contributed by atoms with Crippen LogP contribution >= 0.6 is 23.2 Å². The highest BCUT2D eigenvalue weighted by Crippen LogP contribution is 2.25.